The average Bonchev–Trinajstić information content (AvgIpc) is 2.66. The number of carbonyl (C=O) groups is 1. The molecule has 3 rings (SSSR count). The van der Waals surface area contributed by atoms with Crippen LogP contribution in [0.1, 0.15) is 29.0 Å². The first-order valence-electron chi connectivity index (χ1n) is 8.99. The van der Waals surface area contributed by atoms with Crippen molar-refractivity contribution in [1.29, 1.82) is 0 Å². The summed E-state index contributed by atoms with van der Waals surface area (Å²) >= 11 is 6.29. The molecule has 1 aromatic carbocycles. The van der Waals surface area contributed by atoms with E-state index < -0.39 is 17.8 Å². The normalized spacial score (nSPS) is 18.6. The number of hydrogen-bond donors (Lipinski definition) is 1. The van der Waals surface area contributed by atoms with E-state index in [1.165, 1.54) is 25.2 Å². The number of ether oxygens (including phenoxy) is 1. The molecule has 0 aliphatic carbocycles. The van der Waals surface area contributed by atoms with Crippen LogP contribution in [0.4, 0.5) is 4.39 Å². The summed E-state index contributed by atoms with van der Waals surface area (Å²) in [6.45, 7) is 3.77. The largest absolute Gasteiger partial charge is 0.376 e. The van der Waals surface area contributed by atoms with Crippen LogP contribution in [0.5, 0.6) is 0 Å². The third-order valence-corrected chi connectivity index (χ3v) is 5.02. The molecule has 28 heavy (non-hydrogen) atoms. The van der Waals surface area contributed by atoms with Gasteiger partial charge in [-0.3, -0.25) is 14.5 Å². The molecule has 2 unspecified atom stereocenters. The van der Waals surface area contributed by atoms with Crippen molar-refractivity contribution in [2.75, 3.05) is 26.2 Å². The molecule has 9 heteroatoms. The van der Waals surface area contributed by atoms with E-state index in [2.05, 4.69) is 10.4 Å². The maximum absolute atomic E-state index is 14.6. The molecule has 1 aliphatic heterocycles. The van der Waals surface area contributed by atoms with Gasteiger partial charge in [0.15, 0.2) is 0 Å². The van der Waals surface area contributed by atoms with Gasteiger partial charge < -0.3 is 10.1 Å². The van der Waals surface area contributed by atoms with Crippen molar-refractivity contribution in [3.05, 3.63) is 62.8 Å². The molecular weight excluding hydrogens is 387 g/mol. The molecule has 2 aromatic rings. The lowest BCUT2D eigenvalue weighted by Gasteiger charge is -2.38. The second-order valence-corrected chi connectivity index (χ2v) is 7.13. The van der Waals surface area contributed by atoms with Crippen molar-refractivity contribution in [2.24, 2.45) is 7.05 Å². The van der Waals surface area contributed by atoms with E-state index >= 15 is 0 Å². The molecule has 0 bridgehead atoms. The van der Waals surface area contributed by atoms with Crippen LogP contribution in [-0.2, 0) is 11.8 Å². The molecule has 0 saturated carbocycles. The minimum atomic E-state index is -0.462. The Balaban J connectivity index is 1.83. The topological polar surface area (TPSA) is 76.5 Å². The third-order valence-electron chi connectivity index (χ3n) is 4.70. The molecule has 1 amide bonds. The van der Waals surface area contributed by atoms with Crippen molar-refractivity contribution < 1.29 is 13.9 Å². The van der Waals surface area contributed by atoms with Gasteiger partial charge in [-0.25, -0.2) is 9.07 Å². The number of aromatic nitrogens is 2. The Hall–Kier alpha value is -2.29. The van der Waals surface area contributed by atoms with E-state index in [9.17, 15) is 14.0 Å². The van der Waals surface area contributed by atoms with Gasteiger partial charge in [-0.15, -0.1) is 0 Å². The molecule has 7 nitrogen and oxygen atoms in total. The maximum atomic E-state index is 14.6. The van der Waals surface area contributed by atoms with Gasteiger partial charge in [-0.05, 0) is 25.1 Å². The van der Waals surface area contributed by atoms with E-state index in [1.54, 1.807) is 12.1 Å². The molecule has 2 atom stereocenters. The number of nitrogens with zero attached hydrogens (tertiary/aromatic N) is 3. The number of hydrogen-bond acceptors (Lipinski definition) is 5. The maximum Gasteiger partial charge on any atom is 0.271 e. The summed E-state index contributed by atoms with van der Waals surface area (Å²) in [6, 6.07) is 6.71. The van der Waals surface area contributed by atoms with Crippen molar-refractivity contribution in [2.45, 2.75) is 19.1 Å². The van der Waals surface area contributed by atoms with Gasteiger partial charge in [0, 0.05) is 43.3 Å². The number of nitrogens with one attached hydrogen (secondary N) is 1. The van der Waals surface area contributed by atoms with E-state index in [4.69, 9.17) is 16.3 Å². The molecule has 150 valence electrons. The zero-order valence-corrected chi connectivity index (χ0v) is 16.4. The van der Waals surface area contributed by atoms with Crippen molar-refractivity contribution in [3.8, 4) is 0 Å². The molecule has 1 fully saturated rings. The van der Waals surface area contributed by atoms with Gasteiger partial charge in [0.1, 0.15) is 11.5 Å². The fourth-order valence-corrected chi connectivity index (χ4v) is 3.56. The summed E-state index contributed by atoms with van der Waals surface area (Å²) in [4.78, 5) is 26.0. The van der Waals surface area contributed by atoms with Crippen molar-refractivity contribution in [3.63, 3.8) is 0 Å². The first-order chi connectivity index (χ1) is 13.4. The Morgan fingerprint density at radius 2 is 2.21 bits per heavy atom. The van der Waals surface area contributed by atoms with Gasteiger partial charge in [0.25, 0.3) is 11.5 Å². The first kappa shape index (κ1) is 20.4. The number of carbonyl (C=O) groups excluding carboxylic acids is 1. The van der Waals surface area contributed by atoms with Crippen LogP contribution in [0.15, 0.2) is 35.1 Å². The van der Waals surface area contributed by atoms with E-state index in [1.807, 2.05) is 11.8 Å². The van der Waals surface area contributed by atoms with Crippen molar-refractivity contribution >= 4 is 17.5 Å². The zero-order chi connectivity index (χ0) is 20.3. The third kappa shape index (κ3) is 4.57. The van der Waals surface area contributed by atoms with Gasteiger partial charge >= 0.3 is 0 Å². The smallest absolute Gasteiger partial charge is 0.271 e. The molecule has 0 radical (unpaired) electrons. The summed E-state index contributed by atoms with van der Waals surface area (Å²) < 4.78 is 21.3. The SMILES string of the molecule is CC1CN(C(CNC(=O)c2ccc(=O)n(C)n2)c2c(F)cccc2Cl)CCO1. The van der Waals surface area contributed by atoms with Crippen LogP contribution >= 0.6 is 11.6 Å². The van der Waals surface area contributed by atoms with Crippen LogP contribution < -0.4 is 10.9 Å². The lowest BCUT2D eigenvalue weighted by Crippen LogP contribution is -2.47. The molecule has 1 aromatic heterocycles. The minimum absolute atomic E-state index is 0.0113. The number of amides is 1. The Kier molecular flexibility index (Phi) is 6.43. The lowest BCUT2D eigenvalue weighted by molar-refractivity contribution is -0.0346. The Morgan fingerprint density at radius 1 is 1.43 bits per heavy atom. The van der Waals surface area contributed by atoms with E-state index in [0.717, 1.165) is 4.68 Å². The van der Waals surface area contributed by atoms with Crippen LogP contribution in [0.3, 0.4) is 0 Å². The number of halogens is 2. The van der Waals surface area contributed by atoms with Crippen LogP contribution in [0.25, 0.3) is 0 Å². The summed E-state index contributed by atoms with van der Waals surface area (Å²) in [5.41, 5.74) is 0.137. The Labute approximate surface area is 167 Å². The lowest BCUT2D eigenvalue weighted by atomic mass is 10.0. The number of aryl methyl sites for hydroxylation is 1. The zero-order valence-electron chi connectivity index (χ0n) is 15.7. The fourth-order valence-electron chi connectivity index (χ4n) is 3.27. The standard InChI is InChI=1S/C19H22ClFN4O3/c1-12-11-25(8-9-28-12)16(18-13(20)4-3-5-14(18)21)10-22-19(27)15-6-7-17(26)24(2)23-15/h3-7,12,16H,8-11H2,1-2H3,(H,22,27). The van der Waals surface area contributed by atoms with Crippen LogP contribution in [-0.4, -0.2) is 52.9 Å². The predicted molar refractivity (Wildman–Crippen MR) is 103 cm³/mol. The fraction of sp³-hybridized carbons (Fsp3) is 0.421. The number of rotatable bonds is 5. The molecule has 1 saturated heterocycles. The molecule has 1 N–H and O–H groups in total. The summed E-state index contributed by atoms with van der Waals surface area (Å²) in [7, 11) is 1.47. The van der Waals surface area contributed by atoms with Crippen LogP contribution in [0.2, 0.25) is 5.02 Å². The summed E-state index contributed by atoms with van der Waals surface area (Å²) in [5, 5.41) is 7.03. The van der Waals surface area contributed by atoms with Gasteiger partial charge in [0.05, 0.1) is 18.8 Å². The van der Waals surface area contributed by atoms with Crippen LogP contribution in [0, 0.1) is 5.82 Å². The van der Waals surface area contributed by atoms with Crippen molar-refractivity contribution in [1.82, 2.24) is 20.0 Å². The predicted octanol–water partition coefficient (Wildman–Crippen LogP) is 1.76. The summed E-state index contributed by atoms with van der Waals surface area (Å²) in [6.07, 6.45) is -0.0113. The highest BCUT2D eigenvalue weighted by Crippen LogP contribution is 2.31. The molecule has 0 spiro atoms. The van der Waals surface area contributed by atoms with Gasteiger partial charge in [-0.1, -0.05) is 17.7 Å². The number of morpholine rings is 1. The molecular formula is C19H22ClFN4O3. The van der Waals surface area contributed by atoms with E-state index in [-0.39, 0.29) is 23.9 Å². The van der Waals surface area contributed by atoms with E-state index in [0.29, 0.717) is 30.3 Å². The first-order valence-corrected chi connectivity index (χ1v) is 9.36. The highest BCUT2D eigenvalue weighted by atomic mass is 35.5. The van der Waals surface area contributed by atoms with Gasteiger partial charge in [0.2, 0.25) is 0 Å². The minimum Gasteiger partial charge on any atom is -0.376 e. The monoisotopic (exact) mass is 408 g/mol. The average molecular weight is 409 g/mol. The molecule has 1 aliphatic rings. The quantitative estimate of drug-likeness (QED) is 0.815. The highest BCUT2D eigenvalue weighted by molar-refractivity contribution is 6.31. The van der Waals surface area contributed by atoms with Gasteiger partial charge in [-0.2, -0.15) is 5.10 Å². The second kappa shape index (κ2) is 8.81. The summed E-state index contributed by atoms with van der Waals surface area (Å²) in [5.74, 6) is -0.875. The molecule has 2 heterocycles. The second-order valence-electron chi connectivity index (χ2n) is 6.72. The highest BCUT2D eigenvalue weighted by Gasteiger charge is 2.29. The Morgan fingerprint density at radius 3 is 2.89 bits per heavy atom. The Bertz CT molecular complexity index is 900. The number of benzene rings is 1.